The van der Waals surface area contributed by atoms with Crippen LogP contribution < -0.4 is 4.74 Å². The summed E-state index contributed by atoms with van der Waals surface area (Å²) in [6, 6.07) is 9.11. The van der Waals surface area contributed by atoms with Crippen LogP contribution in [0.1, 0.15) is 44.6 Å². The minimum absolute atomic E-state index is 0.531. The molecule has 1 aromatic carbocycles. The molecule has 3 nitrogen and oxygen atoms in total. The van der Waals surface area contributed by atoms with Gasteiger partial charge in [-0.15, -0.1) is 0 Å². The Labute approximate surface area is 145 Å². The van der Waals surface area contributed by atoms with Gasteiger partial charge >= 0.3 is 0 Å². The predicted molar refractivity (Wildman–Crippen MR) is 98.6 cm³/mol. The zero-order valence-corrected chi connectivity index (χ0v) is 15.0. The summed E-state index contributed by atoms with van der Waals surface area (Å²) in [6.45, 7) is 7.33. The van der Waals surface area contributed by atoms with Gasteiger partial charge in [-0.1, -0.05) is 20.3 Å². The molecule has 0 saturated carbocycles. The van der Waals surface area contributed by atoms with Crippen molar-refractivity contribution in [2.24, 2.45) is 11.8 Å². The second-order valence-corrected chi connectivity index (χ2v) is 7.59. The summed E-state index contributed by atoms with van der Waals surface area (Å²) in [5.41, 5.74) is 2.49. The highest BCUT2D eigenvalue weighted by molar-refractivity contribution is 5.84. The van der Waals surface area contributed by atoms with Gasteiger partial charge in [0.1, 0.15) is 5.75 Å². The fourth-order valence-electron chi connectivity index (χ4n) is 5.04. The molecule has 3 aliphatic heterocycles. The molecule has 3 fully saturated rings. The largest absolute Gasteiger partial charge is 0.497 e. The van der Waals surface area contributed by atoms with Crippen LogP contribution in [0.3, 0.4) is 0 Å². The van der Waals surface area contributed by atoms with Crippen LogP contribution in [0, 0.1) is 11.8 Å². The SMILES string of the molecule is CCC1CN2CCC1CC2[C@@H](C)c1ccnc2ccc(OC)cc12. The minimum atomic E-state index is 0.531. The third kappa shape index (κ3) is 2.59. The van der Waals surface area contributed by atoms with E-state index in [1.807, 2.05) is 12.3 Å². The Kier molecular flexibility index (Phi) is 4.21. The molecule has 0 N–H and O–H groups in total. The van der Waals surface area contributed by atoms with E-state index < -0.39 is 0 Å². The highest BCUT2D eigenvalue weighted by Gasteiger charge is 2.41. The van der Waals surface area contributed by atoms with Crippen molar-refractivity contribution in [1.29, 1.82) is 0 Å². The summed E-state index contributed by atoms with van der Waals surface area (Å²) in [5, 5.41) is 1.25. The van der Waals surface area contributed by atoms with Crippen molar-refractivity contribution in [3.8, 4) is 5.75 Å². The summed E-state index contributed by atoms with van der Waals surface area (Å²) in [5.74, 6) is 3.29. The van der Waals surface area contributed by atoms with Crippen LogP contribution in [0.4, 0.5) is 0 Å². The van der Waals surface area contributed by atoms with Crippen LogP contribution in [-0.4, -0.2) is 36.1 Å². The second-order valence-electron chi connectivity index (χ2n) is 7.59. The molecule has 5 atom stereocenters. The average molecular weight is 324 g/mol. The van der Waals surface area contributed by atoms with Crippen LogP contribution >= 0.6 is 0 Å². The smallest absolute Gasteiger partial charge is 0.119 e. The number of piperidine rings is 3. The van der Waals surface area contributed by atoms with E-state index in [2.05, 4.69) is 41.9 Å². The molecular formula is C21H28N2O. The third-order valence-electron chi connectivity index (χ3n) is 6.51. The maximum absolute atomic E-state index is 5.44. The Morgan fingerprint density at radius 2 is 2.21 bits per heavy atom. The number of hydrogen-bond acceptors (Lipinski definition) is 3. The highest BCUT2D eigenvalue weighted by Crippen LogP contribution is 2.43. The maximum atomic E-state index is 5.44. The van der Waals surface area contributed by atoms with E-state index in [9.17, 15) is 0 Å². The molecule has 128 valence electrons. The molecule has 0 amide bonds. The first-order chi connectivity index (χ1) is 11.7. The van der Waals surface area contributed by atoms with Gasteiger partial charge in [-0.25, -0.2) is 0 Å². The second kappa shape index (κ2) is 6.36. The van der Waals surface area contributed by atoms with Gasteiger partial charge in [0.25, 0.3) is 0 Å². The lowest BCUT2D eigenvalue weighted by molar-refractivity contribution is -0.00896. The van der Waals surface area contributed by atoms with Gasteiger partial charge in [-0.2, -0.15) is 0 Å². The highest BCUT2D eigenvalue weighted by atomic mass is 16.5. The number of nitrogens with zero attached hydrogens (tertiary/aromatic N) is 2. The molecule has 24 heavy (non-hydrogen) atoms. The van der Waals surface area contributed by atoms with E-state index in [0.29, 0.717) is 12.0 Å². The average Bonchev–Trinajstić information content (AvgIpc) is 2.66. The molecule has 2 aromatic rings. The van der Waals surface area contributed by atoms with Crippen molar-refractivity contribution in [3.63, 3.8) is 0 Å². The van der Waals surface area contributed by atoms with Crippen molar-refractivity contribution in [2.45, 2.75) is 45.1 Å². The van der Waals surface area contributed by atoms with Crippen LogP contribution in [0.5, 0.6) is 5.75 Å². The Morgan fingerprint density at radius 3 is 2.92 bits per heavy atom. The first-order valence-corrected chi connectivity index (χ1v) is 9.38. The zero-order chi connectivity index (χ0) is 16.7. The normalized spacial score (nSPS) is 30.5. The van der Waals surface area contributed by atoms with E-state index in [4.69, 9.17) is 4.74 Å². The van der Waals surface area contributed by atoms with Gasteiger partial charge in [0.2, 0.25) is 0 Å². The summed E-state index contributed by atoms with van der Waals surface area (Å²) in [4.78, 5) is 7.30. The van der Waals surface area contributed by atoms with Crippen LogP contribution in [0.25, 0.3) is 10.9 Å². The van der Waals surface area contributed by atoms with Gasteiger partial charge in [-0.3, -0.25) is 9.88 Å². The number of hydrogen-bond donors (Lipinski definition) is 0. The predicted octanol–water partition coefficient (Wildman–Crippen LogP) is 4.47. The van der Waals surface area contributed by atoms with Gasteiger partial charge in [-0.05, 0) is 67.0 Å². The van der Waals surface area contributed by atoms with Gasteiger partial charge < -0.3 is 4.74 Å². The molecule has 0 spiro atoms. The lowest BCUT2D eigenvalue weighted by Crippen LogP contribution is -2.54. The standard InChI is InChI=1S/C21H28N2O/c1-4-15-13-23-10-8-16(15)11-21(23)14(2)18-7-9-22-20-6-5-17(24-3)12-19(18)20/h5-7,9,12,14-16,21H,4,8,10-11,13H2,1-3H3/t14-,15?,16?,21?/m0/s1. The van der Waals surface area contributed by atoms with Gasteiger partial charge in [0.15, 0.2) is 0 Å². The molecule has 0 aliphatic carbocycles. The zero-order valence-electron chi connectivity index (χ0n) is 15.0. The summed E-state index contributed by atoms with van der Waals surface area (Å²) in [6.07, 6.45) is 6.05. The number of methoxy groups -OCH3 is 1. The summed E-state index contributed by atoms with van der Waals surface area (Å²) < 4.78 is 5.44. The van der Waals surface area contributed by atoms with Crippen LogP contribution in [-0.2, 0) is 0 Å². The van der Waals surface area contributed by atoms with E-state index >= 15 is 0 Å². The summed E-state index contributed by atoms with van der Waals surface area (Å²) in [7, 11) is 1.73. The molecular weight excluding hydrogens is 296 g/mol. The number of fused-ring (bicyclic) bond motifs is 4. The fraction of sp³-hybridized carbons (Fsp3) is 0.571. The van der Waals surface area contributed by atoms with E-state index in [1.165, 1.54) is 43.3 Å². The number of aromatic nitrogens is 1. The quantitative estimate of drug-likeness (QED) is 0.830. The molecule has 1 aromatic heterocycles. The third-order valence-corrected chi connectivity index (χ3v) is 6.51. The Bertz CT molecular complexity index is 729. The lowest BCUT2D eigenvalue weighted by atomic mass is 9.71. The lowest BCUT2D eigenvalue weighted by Gasteiger charge is -2.52. The number of benzene rings is 1. The van der Waals surface area contributed by atoms with Crippen LogP contribution in [0.2, 0.25) is 0 Å². The summed E-state index contributed by atoms with van der Waals surface area (Å²) >= 11 is 0. The Hall–Kier alpha value is -1.61. The Balaban J connectivity index is 1.68. The molecule has 3 saturated heterocycles. The van der Waals surface area contributed by atoms with Crippen molar-refractivity contribution in [1.82, 2.24) is 9.88 Å². The minimum Gasteiger partial charge on any atom is -0.497 e. The molecule has 5 rings (SSSR count). The molecule has 4 unspecified atom stereocenters. The monoisotopic (exact) mass is 324 g/mol. The molecule has 0 radical (unpaired) electrons. The molecule has 3 heteroatoms. The first kappa shape index (κ1) is 15.9. The van der Waals surface area contributed by atoms with Crippen molar-refractivity contribution in [2.75, 3.05) is 20.2 Å². The maximum Gasteiger partial charge on any atom is 0.119 e. The van der Waals surface area contributed by atoms with Crippen molar-refractivity contribution in [3.05, 3.63) is 36.0 Å². The van der Waals surface area contributed by atoms with Crippen molar-refractivity contribution < 1.29 is 4.74 Å². The number of pyridine rings is 1. The van der Waals surface area contributed by atoms with Crippen LogP contribution in [0.15, 0.2) is 30.5 Å². The van der Waals surface area contributed by atoms with Gasteiger partial charge in [0.05, 0.1) is 12.6 Å². The molecule has 2 bridgehead atoms. The molecule has 3 aliphatic rings. The van der Waals surface area contributed by atoms with Gasteiger partial charge in [0, 0.05) is 24.2 Å². The fourth-order valence-corrected chi connectivity index (χ4v) is 5.04. The molecule has 4 heterocycles. The Morgan fingerprint density at radius 1 is 1.33 bits per heavy atom. The van der Waals surface area contributed by atoms with E-state index in [-0.39, 0.29) is 0 Å². The van der Waals surface area contributed by atoms with E-state index in [1.54, 1.807) is 7.11 Å². The van der Waals surface area contributed by atoms with E-state index in [0.717, 1.165) is 23.1 Å². The first-order valence-electron chi connectivity index (χ1n) is 9.38. The number of rotatable bonds is 4. The topological polar surface area (TPSA) is 25.4 Å². The van der Waals surface area contributed by atoms with Crippen molar-refractivity contribution >= 4 is 10.9 Å². The number of ether oxygens (including phenoxy) is 1.